The smallest absolute Gasteiger partial charge is 0.0465 e. The number of anilines is 3. The Balaban J connectivity index is 0.991. The summed E-state index contributed by atoms with van der Waals surface area (Å²) in [4.78, 5) is 2.41. The Bertz CT molecular complexity index is 3110. The molecule has 10 aromatic rings. The van der Waals surface area contributed by atoms with E-state index in [0.717, 1.165) is 17.1 Å². The lowest BCUT2D eigenvalue weighted by Crippen LogP contribution is -2.16. The molecule has 0 saturated heterocycles. The fraction of sp³-hybridized carbons (Fsp3) is 0.0566. The number of thiophene rings is 1. The Morgan fingerprint density at radius 3 is 1.69 bits per heavy atom. The van der Waals surface area contributed by atoms with Crippen molar-refractivity contribution in [2.45, 2.75) is 19.3 Å². The highest BCUT2D eigenvalue weighted by Gasteiger charge is 2.35. The molecule has 0 radical (unpaired) electrons. The number of fused-ring (bicyclic) bond motifs is 8. The van der Waals surface area contributed by atoms with Gasteiger partial charge in [-0.25, -0.2) is 0 Å². The molecule has 0 fully saturated rings. The van der Waals surface area contributed by atoms with E-state index < -0.39 is 0 Å². The molecule has 1 aliphatic rings. The van der Waals surface area contributed by atoms with Crippen molar-refractivity contribution in [2.75, 3.05) is 4.90 Å². The van der Waals surface area contributed by atoms with Gasteiger partial charge < -0.3 is 4.90 Å². The Hall–Kier alpha value is -6.48. The number of benzene rings is 9. The summed E-state index contributed by atoms with van der Waals surface area (Å²) in [7, 11) is 0. The van der Waals surface area contributed by atoms with E-state index in [1.807, 2.05) is 11.3 Å². The van der Waals surface area contributed by atoms with Crippen LogP contribution in [0.15, 0.2) is 188 Å². The van der Waals surface area contributed by atoms with Gasteiger partial charge in [-0.05, 0) is 133 Å². The van der Waals surface area contributed by atoms with Crippen molar-refractivity contribution < 1.29 is 0 Å². The second kappa shape index (κ2) is 12.3. The minimum atomic E-state index is -0.0884. The van der Waals surface area contributed by atoms with Gasteiger partial charge in [0.1, 0.15) is 0 Å². The monoisotopic (exact) mass is 719 g/mol. The van der Waals surface area contributed by atoms with Crippen LogP contribution >= 0.6 is 11.3 Å². The highest BCUT2D eigenvalue weighted by Crippen LogP contribution is 2.51. The molecule has 0 spiro atoms. The molecular formula is C53H37NS. The third kappa shape index (κ3) is 5.21. The highest BCUT2D eigenvalue weighted by atomic mass is 32.1. The van der Waals surface area contributed by atoms with Gasteiger partial charge in [0.15, 0.2) is 0 Å². The first kappa shape index (κ1) is 32.0. The van der Waals surface area contributed by atoms with E-state index in [-0.39, 0.29) is 5.41 Å². The molecule has 0 unspecified atom stereocenters. The van der Waals surface area contributed by atoms with Crippen molar-refractivity contribution in [3.63, 3.8) is 0 Å². The Kier molecular flexibility index (Phi) is 7.14. The fourth-order valence-electron chi connectivity index (χ4n) is 8.90. The minimum absolute atomic E-state index is 0.0884. The highest BCUT2D eigenvalue weighted by molar-refractivity contribution is 7.25. The zero-order chi connectivity index (χ0) is 36.7. The molecule has 1 aliphatic carbocycles. The Morgan fingerprint density at radius 2 is 0.927 bits per heavy atom. The molecule has 1 aromatic heterocycles. The van der Waals surface area contributed by atoms with Crippen LogP contribution in [0.25, 0.3) is 75.1 Å². The lowest BCUT2D eigenvalue weighted by Gasteiger charge is -2.28. The van der Waals surface area contributed by atoms with Gasteiger partial charge in [-0.2, -0.15) is 0 Å². The maximum absolute atomic E-state index is 2.42. The molecule has 0 saturated carbocycles. The van der Waals surface area contributed by atoms with Crippen LogP contribution in [0.1, 0.15) is 25.0 Å². The van der Waals surface area contributed by atoms with Gasteiger partial charge >= 0.3 is 0 Å². The van der Waals surface area contributed by atoms with Crippen molar-refractivity contribution in [3.8, 4) is 33.4 Å². The predicted octanol–water partition coefficient (Wildman–Crippen LogP) is 15.5. The average molecular weight is 720 g/mol. The second-order valence-electron chi connectivity index (χ2n) is 15.4. The first-order valence-electron chi connectivity index (χ1n) is 19.1. The lowest BCUT2D eigenvalue weighted by atomic mass is 9.82. The van der Waals surface area contributed by atoms with Gasteiger partial charge in [0.25, 0.3) is 0 Å². The molecule has 260 valence electrons. The van der Waals surface area contributed by atoms with Crippen LogP contribution in [-0.4, -0.2) is 0 Å². The largest absolute Gasteiger partial charge is 0.310 e. The summed E-state index contributed by atoms with van der Waals surface area (Å²) in [5, 5.41) is 7.75. The Labute approximate surface area is 325 Å². The molecule has 1 heterocycles. The third-order valence-electron chi connectivity index (χ3n) is 11.8. The van der Waals surface area contributed by atoms with Crippen LogP contribution in [0.2, 0.25) is 0 Å². The summed E-state index contributed by atoms with van der Waals surface area (Å²) in [5.41, 5.74) is 13.6. The molecular weight excluding hydrogens is 683 g/mol. The fourth-order valence-corrected chi connectivity index (χ4v) is 10.0. The number of rotatable bonds is 5. The quantitative estimate of drug-likeness (QED) is 0.171. The molecule has 55 heavy (non-hydrogen) atoms. The van der Waals surface area contributed by atoms with Crippen LogP contribution < -0.4 is 4.90 Å². The SMILES string of the molecule is CC1(C)c2ccccc2-c2ccc(N(c3ccc(-c4ccc5ccccc5c4)cc3)c3ccc(-c4ccc5cc6c(cc5c4)sc4ccccc46)cc3)cc21. The van der Waals surface area contributed by atoms with Crippen molar-refractivity contribution in [3.05, 3.63) is 199 Å². The third-order valence-corrected chi connectivity index (χ3v) is 13.0. The summed E-state index contributed by atoms with van der Waals surface area (Å²) < 4.78 is 2.68. The van der Waals surface area contributed by atoms with Crippen LogP contribution in [0.5, 0.6) is 0 Å². The van der Waals surface area contributed by atoms with Crippen molar-refractivity contribution >= 4 is 70.1 Å². The van der Waals surface area contributed by atoms with Gasteiger partial charge in [0.05, 0.1) is 0 Å². The van der Waals surface area contributed by atoms with Crippen LogP contribution in [0.3, 0.4) is 0 Å². The van der Waals surface area contributed by atoms with Crippen molar-refractivity contribution in [1.29, 1.82) is 0 Å². The van der Waals surface area contributed by atoms with E-state index in [9.17, 15) is 0 Å². The van der Waals surface area contributed by atoms with Gasteiger partial charge in [0.2, 0.25) is 0 Å². The predicted molar refractivity (Wildman–Crippen MR) is 237 cm³/mol. The first-order valence-corrected chi connectivity index (χ1v) is 19.9. The zero-order valence-corrected chi connectivity index (χ0v) is 31.6. The van der Waals surface area contributed by atoms with E-state index in [4.69, 9.17) is 0 Å². The normalized spacial score (nSPS) is 13.1. The maximum Gasteiger partial charge on any atom is 0.0465 e. The van der Waals surface area contributed by atoms with E-state index in [2.05, 4.69) is 207 Å². The number of hydrogen-bond acceptors (Lipinski definition) is 2. The van der Waals surface area contributed by atoms with E-state index in [1.165, 1.54) is 86.2 Å². The van der Waals surface area contributed by atoms with Gasteiger partial charge in [-0.1, -0.05) is 135 Å². The van der Waals surface area contributed by atoms with Gasteiger partial charge in [-0.3, -0.25) is 0 Å². The molecule has 9 aromatic carbocycles. The molecule has 0 bridgehead atoms. The van der Waals surface area contributed by atoms with E-state index in [0.29, 0.717) is 0 Å². The average Bonchev–Trinajstić information content (AvgIpc) is 3.71. The molecule has 2 heteroatoms. The first-order chi connectivity index (χ1) is 27.0. The molecule has 11 rings (SSSR count). The summed E-state index contributed by atoms with van der Waals surface area (Å²) >= 11 is 1.88. The van der Waals surface area contributed by atoms with E-state index in [1.54, 1.807) is 0 Å². The van der Waals surface area contributed by atoms with Gasteiger partial charge in [0, 0.05) is 42.6 Å². The lowest BCUT2D eigenvalue weighted by molar-refractivity contribution is 0.660. The maximum atomic E-state index is 2.42. The Morgan fingerprint density at radius 1 is 0.364 bits per heavy atom. The molecule has 0 atom stereocenters. The topological polar surface area (TPSA) is 3.24 Å². The van der Waals surface area contributed by atoms with Crippen molar-refractivity contribution in [2.24, 2.45) is 0 Å². The molecule has 0 amide bonds. The summed E-state index contributed by atoms with van der Waals surface area (Å²) in [5.74, 6) is 0. The second-order valence-corrected chi connectivity index (χ2v) is 16.5. The molecule has 1 nitrogen and oxygen atoms in total. The van der Waals surface area contributed by atoms with Crippen LogP contribution in [0.4, 0.5) is 17.1 Å². The molecule has 0 aliphatic heterocycles. The van der Waals surface area contributed by atoms with Crippen molar-refractivity contribution in [1.82, 2.24) is 0 Å². The minimum Gasteiger partial charge on any atom is -0.310 e. The summed E-state index contributed by atoms with van der Waals surface area (Å²) in [6, 6.07) is 69.7. The van der Waals surface area contributed by atoms with Crippen LogP contribution in [-0.2, 0) is 5.41 Å². The van der Waals surface area contributed by atoms with Gasteiger partial charge in [-0.15, -0.1) is 11.3 Å². The summed E-state index contributed by atoms with van der Waals surface area (Å²) in [6.45, 7) is 4.71. The number of hydrogen-bond donors (Lipinski definition) is 0. The van der Waals surface area contributed by atoms with Crippen LogP contribution in [0, 0.1) is 0 Å². The standard InChI is InChI=1S/C53H37NS/c1-53(2)49-13-7-5-11-45(49)46-28-27-44(33-50(46)53)54(42-23-19-35(20-24-42)38-16-15-34-9-3-4-10-37(34)29-38)43-25-21-36(22-26-43)39-17-18-40-31-48-47-12-6-8-14-51(47)55-52(48)32-41(40)30-39/h3-33H,1-2H3. The van der Waals surface area contributed by atoms with E-state index >= 15 is 0 Å². The number of nitrogens with zero attached hydrogens (tertiary/aromatic N) is 1. The zero-order valence-electron chi connectivity index (χ0n) is 30.8. The molecule has 0 N–H and O–H groups in total. The summed E-state index contributed by atoms with van der Waals surface area (Å²) in [6.07, 6.45) is 0.